The van der Waals surface area contributed by atoms with E-state index in [1.54, 1.807) is 33.4 Å². The fraction of sp³-hybridized carbons (Fsp3) is 0.556. The highest BCUT2D eigenvalue weighted by atomic mass is 14.5. The van der Waals surface area contributed by atoms with Gasteiger partial charge in [0, 0.05) is 10.8 Å². The summed E-state index contributed by atoms with van der Waals surface area (Å²) in [7, 11) is 0. The van der Waals surface area contributed by atoms with E-state index in [-0.39, 0.29) is 10.8 Å². The van der Waals surface area contributed by atoms with Gasteiger partial charge in [-0.15, -0.1) is 0 Å². The summed E-state index contributed by atoms with van der Waals surface area (Å²) in [6.45, 7) is 16.7. The lowest BCUT2D eigenvalue weighted by atomic mass is 9.61. The second kappa shape index (κ2) is 6.23. The second-order valence-electron chi connectivity index (χ2n) is 9.69. The Kier molecular flexibility index (Phi) is 4.33. The Morgan fingerprint density at radius 2 is 1.41 bits per heavy atom. The molecule has 0 radical (unpaired) electrons. The van der Waals surface area contributed by atoms with Crippen LogP contribution in [0, 0.1) is 5.41 Å². The van der Waals surface area contributed by atoms with Gasteiger partial charge in [0.15, 0.2) is 0 Å². The van der Waals surface area contributed by atoms with Gasteiger partial charge in [-0.25, -0.2) is 0 Å². The number of hydrogen-bond acceptors (Lipinski definition) is 0. The Morgan fingerprint density at radius 1 is 0.852 bits per heavy atom. The van der Waals surface area contributed by atoms with Crippen LogP contribution in [0.2, 0.25) is 0 Å². The number of benzene rings is 1. The molecule has 0 fully saturated rings. The zero-order chi connectivity index (χ0) is 19.6. The molecular formula is C27H36. The summed E-state index contributed by atoms with van der Waals surface area (Å²) in [5.41, 5.74) is 14.5. The minimum absolute atomic E-state index is 0.177. The Labute approximate surface area is 166 Å². The van der Waals surface area contributed by atoms with Gasteiger partial charge in [0.05, 0.1) is 0 Å². The van der Waals surface area contributed by atoms with Crippen LogP contribution in [-0.2, 0) is 18.3 Å². The standard InChI is InChI=1S/C27H36/c1-8-27(16-26(7)20(5)18(3)19(4)21(26)6)17(2)13-24-14-22-11-9-10-12-23(22)15-25(24)27/h13-15H,8-12,16H2,1-7H3. The Bertz CT molecular complexity index is 878. The van der Waals surface area contributed by atoms with Crippen LogP contribution in [0.25, 0.3) is 6.08 Å². The van der Waals surface area contributed by atoms with Crippen LogP contribution in [0.3, 0.4) is 0 Å². The summed E-state index contributed by atoms with van der Waals surface area (Å²) in [5, 5.41) is 0. The van der Waals surface area contributed by atoms with Crippen LogP contribution in [0.5, 0.6) is 0 Å². The Balaban J connectivity index is 1.85. The molecule has 0 saturated heterocycles. The molecule has 1 aromatic carbocycles. The highest BCUT2D eigenvalue weighted by Crippen LogP contribution is 2.58. The lowest BCUT2D eigenvalue weighted by Crippen LogP contribution is -2.34. The van der Waals surface area contributed by atoms with Gasteiger partial charge in [-0.2, -0.15) is 0 Å². The minimum Gasteiger partial charge on any atom is -0.0642 e. The summed E-state index contributed by atoms with van der Waals surface area (Å²) in [6, 6.07) is 5.14. The fourth-order valence-corrected chi connectivity index (χ4v) is 6.29. The first-order valence-corrected chi connectivity index (χ1v) is 11.0. The van der Waals surface area contributed by atoms with E-state index < -0.39 is 0 Å². The molecule has 0 saturated carbocycles. The molecule has 0 N–H and O–H groups in total. The maximum atomic E-state index is 2.61. The summed E-state index contributed by atoms with van der Waals surface area (Å²) < 4.78 is 0. The lowest BCUT2D eigenvalue weighted by Gasteiger charge is -2.42. The lowest BCUT2D eigenvalue weighted by molar-refractivity contribution is 0.318. The highest BCUT2D eigenvalue weighted by Gasteiger charge is 2.47. The van der Waals surface area contributed by atoms with Crippen molar-refractivity contribution in [3.05, 3.63) is 62.3 Å². The average molecular weight is 361 g/mol. The molecule has 1 unspecified atom stereocenters. The molecule has 27 heavy (non-hydrogen) atoms. The number of hydrogen-bond donors (Lipinski definition) is 0. The molecule has 4 rings (SSSR count). The van der Waals surface area contributed by atoms with E-state index >= 15 is 0 Å². The van der Waals surface area contributed by atoms with Crippen molar-refractivity contribution in [1.29, 1.82) is 0 Å². The SMILES string of the molecule is CCC1(CC2(C)C(C)=C(C)C(C)=C2C)C(C)=Cc2cc3c(cc21)CCCC3. The van der Waals surface area contributed by atoms with Gasteiger partial charge in [0.1, 0.15) is 0 Å². The molecule has 0 bridgehead atoms. The van der Waals surface area contributed by atoms with Crippen molar-refractivity contribution in [3.63, 3.8) is 0 Å². The zero-order valence-electron chi connectivity index (χ0n) is 18.5. The third-order valence-electron chi connectivity index (χ3n) is 8.76. The number of allylic oxidation sites excluding steroid dienone is 5. The van der Waals surface area contributed by atoms with Crippen LogP contribution < -0.4 is 0 Å². The van der Waals surface area contributed by atoms with Crippen LogP contribution in [-0.4, -0.2) is 0 Å². The number of rotatable bonds is 3. The largest absolute Gasteiger partial charge is 0.0642 e. The molecule has 0 heterocycles. The smallest absolute Gasteiger partial charge is 0.0177 e. The molecule has 144 valence electrons. The van der Waals surface area contributed by atoms with E-state index in [9.17, 15) is 0 Å². The first-order chi connectivity index (χ1) is 12.7. The topological polar surface area (TPSA) is 0 Å². The van der Waals surface area contributed by atoms with E-state index in [1.807, 2.05) is 0 Å². The minimum atomic E-state index is 0.177. The van der Waals surface area contributed by atoms with Crippen molar-refractivity contribution in [1.82, 2.24) is 0 Å². The molecule has 0 aromatic heterocycles. The van der Waals surface area contributed by atoms with Crippen LogP contribution >= 0.6 is 0 Å². The first-order valence-electron chi connectivity index (χ1n) is 11.0. The maximum absolute atomic E-state index is 2.61. The fourth-order valence-electron chi connectivity index (χ4n) is 6.29. The molecule has 0 spiro atoms. The van der Waals surface area contributed by atoms with Gasteiger partial charge < -0.3 is 0 Å². The molecule has 3 aliphatic rings. The van der Waals surface area contributed by atoms with E-state index in [2.05, 4.69) is 66.7 Å². The normalized spacial score (nSPS) is 26.4. The summed E-state index contributed by atoms with van der Waals surface area (Å²) in [6.07, 6.45) is 10.2. The van der Waals surface area contributed by atoms with Crippen molar-refractivity contribution in [2.24, 2.45) is 5.41 Å². The number of fused-ring (bicyclic) bond motifs is 2. The molecule has 0 aliphatic heterocycles. The van der Waals surface area contributed by atoms with Gasteiger partial charge in [-0.3, -0.25) is 0 Å². The quantitative estimate of drug-likeness (QED) is 0.517. The van der Waals surface area contributed by atoms with Crippen LogP contribution in [0.4, 0.5) is 0 Å². The molecule has 1 atom stereocenters. The van der Waals surface area contributed by atoms with Crippen molar-refractivity contribution in [3.8, 4) is 0 Å². The van der Waals surface area contributed by atoms with Crippen LogP contribution in [0.15, 0.2) is 40.0 Å². The van der Waals surface area contributed by atoms with Crippen molar-refractivity contribution in [2.45, 2.75) is 92.4 Å². The van der Waals surface area contributed by atoms with Gasteiger partial charge in [0.25, 0.3) is 0 Å². The second-order valence-corrected chi connectivity index (χ2v) is 9.69. The van der Waals surface area contributed by atoms with E-state index in [4.69, 9.17) is 0 Å². The van der Waals surface area contributed by atoms with Gasteiger partial charge >= 0.3 is 0 Å². The summed E-state index contributed by atoms with van der Waals surface area (Å²) >= 11 is 0. The van der Waals surface area contributed by atoms with E-state index in [0.717, 1.165) is 0 Å². The average Bonchev–Trinajstić information content (AvgIpc) is 3.00. The van der Waals surface area contributed by atoms with E-state index in [0.29, 0.717) is 0 Å². The predicted octanol–water partition coefficient (Wildman–Crippen LogP) is 7.71. The van der Waals surface area contributed by atoms with Gasteiger partial charge in [0.2, 0.25) is 0 Å². The first kappa shape index (κ1) is 18.8. The molecule has 0 nitrogen and oxygen atoms in total. The molecular weight excluding hydrogens is 324 g/mol. The van der Waals surface area contributed by atoms with Crippen molar-refractivity contribution in [2.75, 3.05) is 0 Å². The van der Waals surface area contributed by atoms with Crippen molar-refractivity contribution >= 4 is 6.08 Å². The highest BCUT2D eigenvalue weighted by molar-refractivity contribution is 5.71. The Morgan fingerprint density at radius 3 is 1.96 bits per heavy atom. The third-order valence-corrected chi connectivity index (χ3v) is 8.76. The molecule has 0 heteroatoms. The Hall–Kier alpha value is -1.56. The van der Waals surface area contributed by atoms with Crippen LogP contribution in [0.1, 0.15) is 96.4 Å². The van der Waals surface area contributed by atoms with Crippen molar-refractivity contribution < 1.29 is 0 Å². The summed E-state index contributed by atoms with van der Waals surface area (Å²) in [4.78, 5) is 0. The monoisotopic (exact) mass is 360 g/mol. The predicted molar refractivity (Wildman–Crippen MR) is 118 cm³/mol. The van der Waals surface area contributed by atoms with Gasteiger partial charge in [-0.1, -0.05) is 48.8 Å². The zero-order valence-corrected chi connectivity index (χ0v) is 18.5. The van der Waals surface area contributed by atoms with E-state index in [1.165, 1.54) is 55.2 Å². The summed E-state index contributed by atoms with van der Waals surface area (Å²) in [5.74, 6) is 0. The number of aryl methyl sites for hydroxylation is 2. The van der Waals surface area contributed by atoms with Gasteiger partial charge in [-0.05, 0) is 107 Å². The third kappa shape index (κ3) is 2.48. The maximum Gasteiger partial charge on any atom is 0.0177 e. The molecule has 0 amide bonds. The molecule has 3 aliphatic carbocycles. The molecule has 1 aromatic rings.